The number of fused-ring (bicyclic) bond motifs is 1. The number of hydrogen-bond acceptors (Lipinski definition) is 3. The van der Waals surface area contributed by atoms with Crippen molar-refractivity contribution in [2.45, 2.75) is 19.4 Å². The first kappa shape index (κ1) is 12.6. The van der Waals surface area contributed by atoms with Crippen LogP contribution in [0.3, 0.4) is 0 Å². The number of furan rings is 1. The van der Waals surface area contributed by atoms with Gasteiger partial charge in [0.1, 0.15) is 11.3 Å². The van der Waals surface area contributed by atoms with E-state index in [-0.39, 0.29) is 12.6 Å². The van der Waals surface area contributed by atoms with Crippen molar-refractivity contribution in [3.63, 3.8) is 0 Å². The Balaban J connectivity index is 2.33. The highest BCUT2D eigenvalue weighted by Crippen LogP contribution is 2.27. The molecule has 0 saturated carbocycles. The lowest BCUT2D eigenvalue weighted by Gasteiger charge is -2.13. The molecule has 1 aromatic heterocycles. The fourth-order valence-corrected chi connectivity index (χ4v) is 2.31. The number of hydrogen-bond donors (Lipinski definition) is 2. The third-order valence-corrected chi connectivity index (χ3v) is 3.20. The molecule has 1 unspecified atom stereocenters. The molecular weight excluding hydrogens is 282 g/mol. The van der Waals surface area contributed by atoms with Gasteiger partial charge in [0.05, 0.1) is 6.04 Å². The van der Waals surface area contributed by atoms with E-state index in [2.05, 4.69) is 21.2 Å². The highest BCUT2D eigenvalue weighted by molar-refractivity contribution is 9.10. The Bertz CT molecular complexity index is 489. The lowest BCUT2D eigenvalue weighted by atomic mass is 10.1. The second kappa shape index (κ2) is 5.67. The van der Waals surface area contributed by atoms with E-state index in [4.69, 9.17) is 9.52 Å². The Kier molecular flexibility index (Phi) is 4.20. The predicted octanol–water partition coefficient (Wildman–Crippen LogP) is 3.23. The Labute approximate surface area is 109 Å². The second-order valence-corrected chi connectivity index (χ2v) is 4.87. The van der Waals surface area contributed by atoms with Gasteiger partial charge in [-0.2, -0.15) is 0 Å². The van der Waals surface area contributed by atoms with Gasteiger partial charge < -0.3 is 14.8 Å². The molecule has 0 bridgehead atoms. The van der Waals surface area contributed by atoms with Crippen LogP contribution in [0, 0.1) is 0 Å². The van der Waals surface area contributed by atoms with Crippen molar-refractivity contribution in [3.05, 3.63) is 34.5 Å². The summed E-state index contributed by atoms with van der Waals surface area (Å²) >= 11 is 3.44. The Morgan fingerprint density at radius 3 is 2.94 bits per heavy atom. The van der Waals surface area contributed by atoms with Crippen molar-refractivity contribution in [2.24, 2.45) is 0 Å². The van der Waals surface area contributed by atoms with Crippen LogP contribution in [0.4, 0.5) is 0 Å². The molecule has 0 aliphatic heterocycles. The first-order valence-electron chi connectivity index (χ1n) is 5.78. The van der Waals surface area contributed by atoms with Gasteiger partial charge in [0.15, 0.2) is 0 Å². The third kappa shape index (κ3) is 2.89. The lowest BCUT2D eigenvalue weighted by molar-refractivity contribution is 0.257. The molecule has 0 amide bonds. The van der Waals surface area contributed by atoms with Crippen molar-refractivity contribution < 1.29 is 9.52 Å². The summed E-state index contributed by atoms with van der Waals surface area (Å²) in [5, 5.41) is 13.4. The maximum absolute atomic E-state index is 9.05. The van der Waals surface area contributed by atoms with E-state index < -0.39 is 0 Å². The molecule has 0 fully saturated rings. The van der Waals surface area contributed by atoms with E-state index in [0.717, 1.165) is 27.7 Å². The lowest BCUT2D eigenvalue weighted by Crippen LogP contribution is -2.21. The molecule has 1 atom stereocenters. The highest BCUT2D eigenvalue weighted by Gasteiger charge is 2.14. The maximum Gasteiger partial charge on any atom is 0.134 e. The van der Waals surface area contributed by atoms with Crippen molar-refractivity contribution in [3.8, 4) is 0 Å². The second-order valence-electron chi connectivity index (χ2n) is 3.95. The summed E-state index contributed by atoms with van der Waals surface area (Å²) in [5.74, 6) is 0.883. The van der Waals surface area contributed by atoms with Gasteiger partial charge in [-0.1, -0.05) is 22.9 Å². The van der Waals surface area contributed by atoms with Crippen LogP contribution >= 0.6 is 15.9 Å². The summed E-state index contributed by atoms with van der Waals surface area (Å²) in [4.78, 5) is 0. The maximum atomic E-state index is 9.05. The minimum absolute atomic E-state index is 0.0798. The minimum atomic E-state index is 0.0798. The molecule has 1 aromatic carbocycles. The first-order chi connectivity index (χ1) is 8.24. The number of aliphatic hydroxyl groups is 1. The van der Waals surface area contributed by atoms with Crippen LogP contribution < -0.4 is 5.32 Å². The average molecular weight is 298 g/mol. The normalized spacial score (nSPS) is 13.1. The van der Waals surface area contributed by atoms with E-state index in [1.54, 1.807) is 0 Å². The summed E-state index contributed by atoms with van der Waals surface area (Å²) < 4.78 is 6.84. The fraction of sp³-hybridized carbons (Fsp3) is 0.385. The van der Waals surface area contributed by atoms with Crippen LogP contribution in [0.15, 0.2) is 33.2 Å². The Hall–Kier alpha value is -0.840. The van der Waals surface area contributed by atoms with Crippen LogP contribution in [-0.4, -0.2) is 18.3 Å². The van der Waals surface area contributed by atoms with E-state index in [9.17, 15) is 0 Å². The van der Waals surface area contributed by atoms with Crippen LogP contribution in [0.1, 0.15) is 25.1 Å². The topological polar surface area (TPSA) is 45.4 Å². The summed E-state index contributed by atoms with van der Waals surface area (Å²) in [6.07, 6.45) is 0.662. The molecule has 92 valence electrons. The zero-order valence-electron chi connectivity index (χ0n) is 9.74. The van der Waals surface area contributed by atoms with Gasteiger partial charge in [-0.3, -0.25) is 0 Å². The number of nitrogens with one attached hydrogen (secondary N) is 1. The Morgan fingerprint density at radius 2 is 2.24 bits per heavy atom. The van der Waals surface area contributed by atoms with Crippen LogP contribution in [0.5, 0.6) is 0 Å². The molecular formula is C13H16BrNO2. The third-order valence-electron chi connectivity index (χ3n) is 2.71. The molecule has 3 nitrogen and oxygen atoms in total. The van der Waals surface area contributed by atoms with Gasteiger partial charge in [-0.25, -0.2) is 0 Å². The van der Waals surface area contributed by atoms with Crippen molar-refractivity contribution >= 4 is 26.9 Å². The summed E-state index contributed by atoms with van der Waals surface area (Å²) in [5.41, 5.74) is 0.879. The molecule has 0 aliphatic rings. The van der Waals surface area contributed by atoms with E-state index in [1.165, 1.54) is 0 Å². The van der Waals surface area contributed by atoms with Crippen LogP contribution in [0.2, 0.25) is 0 Å². The summed E-state index contributed by atoms with van der Waals surface area (Å²) in [7, 11) is 0. The van der Waals surface area contributed by atoms with E-state index in [1.807, 2.05) is 31.2 Å². The number of aliphatic hydroxyl groups excluding tert-OH is 1. The molecule has 0 saturated heterocycles. The number of halogens is 1. The van der Waals surface area contributed by atoms with Gasteiger partial charge in [0, 0.05) is 16.5 Å². The van der Waals surface area contributed by atoms with Gasteiger partial charge >= 0.3 is 0 Å². The highest BCUT2D eigenvalue weighted by atomic mass is 79.9. The van der Waals surface area contributed by atoms with E-state index >= 15 is 0 Å². The Morgan fingerprint density at radius 1 is 1.41 bits per heavy atom. The number of rotatable bonds is 5. The van der Waals surface area contributed by atoms with Gasteiger partial charge in [0.2, 0.25) is 0 Å². The first-order valence-corrected chi connectivity index (χ1v) is 6.57. The SMILES string of the molecule is CCNC(CCO)c1cc2cc(Br)ccc2o1. The fourth-order valence-electron chi connectivity index (χ4n) is 1.93. The summed E-state index contributed by atoms with van der Waals surface area (Å²) in [6, 6.07) is 8.05. The predicted molar refractivity (Wildman–Crippen MR) is 72.0 cm³/mol. The smallest absolute Gasteiger partial charge is 0.134 e. The van der Waals surface area contributed by atoms with Crippen molar-refractivity contribution in [2.75, 3.05) is 13.2 Å². The monoisotopic (exact) mass is 297 g/mol. The largest absolute Gasteiger partial charge is 0.459 e. The van der Waals surface area contributed by atoms with Crippen LogP contribution in [0.25, 0.3) is 11.0 Å². The van der Waals surface area contributed by atoms with Gasteiger partial charge in [-0.05, 0) is 37.2 Å². The average Bonchev–Trinajstić information content (AvgIpc) is 2.71. The molecule has 1 heterocycles. The summed E-state index contributed by atoms with van der Waals surface area (Å²) in [6.45, 7) is 3.05. The molecule has 0 radical (unpaired) electrons. The molecule has 17 heavy (non-hydrogen) atoms. The van der Waals surface area contributed by atoms with Gasteiger partial charge in [0.25, 0.3) is 0 Å². The molecule has 0 spiro atoms. The van der Waals surface area contributed by atoms with Crippen molar-refractivity contribution in [1.82, 2.24) is 5.32 Å². The molecule has 4 heteroatoms. The van der Waals surface area contributed by atoms with Crippen LogP contribution in [-0.2, 0) is 0 Å². The van der Waals surface area contributed by atoms with E-state index in [0.29, 0.717) is 6.42 Å². The molecule has 2 aromatic rings. The zero-order valence-corrected chi connectivity index (χ0v) is 11.3. The molecule has 2 N–H and O–H groups in total. The molecule has 2 rings (SSSR count). The molecule has 0 aliphatic carbocycles. The van der Waals surface area contributed by atoms with Crippen molar-refractivity contribution in [1.29, 1.82) is 0 Å². The standard InChI is InChI=1S/C13H16BrNO2/c1-2-15-11(5-6-16)13-8-9-7-10(14)3-4-12(9)17-13/h3-4,7-8,11,15-16H,2,5-6H2,1H3. The van der Waals surface area contributed by atoms with Gasteiger partial charge in [-0.15, -0.1) is 0 Å². The number of benzene rings is 1. The quantitative estimate of drug-likeness (QED) is 0.891. The zero-order chi connectivity index (χ0) is 12.3. The minimum Gasteiger partial charge on any atom is -0.459 e.